The second-order valence-corrected chi connectivity index (χ2v) is 7.75. The SMILES string of the molecule is CC1(CC(F)(F)F)SC(=N[C@@H]2CC3CC[C@@H]2C3)NC1=O. The third kappa shape index (κ3) is 2.69. The monoisotopic (exact) mass is 306 g/mol. The van der Waals surface area contributed by atoms with Gasteiger partial charge in [0.25, 0.3) is 0 Å². The minimum absolute atomic E-state index is 0.185. The Morgan fingerprint density at radius 2 is 2.15 bits per heavy atom. The smallest absolute Gasteiger partial charge is 0.304 e. The fourth-order valence-corrected chi connectivity index (χ4v) is 4.73. The standard InChI is InChI=1S/C13H17F3N2OS/c1-12(6-13(14,15)16)10(19)18-11(20-12)17-9-5-7-2-3-8(9)4-7/h7-9H,2-6H2,1H3,(H,17,18,19)/t7?,8-,9-,12?/m1/s1. The highest BCUT2D eigenvalue weighted by Gasteiger charge is 2.50. The van der Waals surface area contributed by atoms with Gasteiger partial charge in [0.1, 0.15) is 4.75 Å². The van der Waals surface area contributed by atoms with Gasteiger partial charge >= 0.3 is 6.18 Å². The molecule has 7 heteroatoms. The van der Waals surface area contributed by atoms with Gasteiger partial charge in [0.2, 0.25) is 5.91 Å². The number of hydrogen-bond donors (Lipinski definition) is 1. The summed E-state index contributed by atoms with van der Waals surface area (Å²) >= 11 is 0.932. The quantitative estimate of drug-likeness (QED) is 0.851. The van der Waals surface area contributed by atoms with Crippen LogP contribution in [0.1, 0.15) is 39.0 Å². The molecule has 2 aliphatic carbocycles. The number of thioether (sulfide) groups is 1. The lowest BCUT2D eigenvalue weighted by Crippen LogP contribution is -2.37. The molecule has 2 saturated carbocycles. The molecule has 2 unspecified atom stereocenters. The summed E-state index contributed by atoms with van der Waals surface area (Å²) in [5.41, 5.74) is 0. The molecule has 20 heavy (non-hydrogen) atoms. The van der Waals surface area contributed by atoms with Gasteiger partial charge in [0.15, 0.2) is 5.17 Å². The molecular formula is C13H17F3N2OS. The summed E-state index contributed by atoms with van der Waals surface area (Å²) in [6, 6.07) is 0.185. The van der Waals surface area contributed by atoms with Crippen molar-refractivity contribution in [1.29, 1.82) is 0 Å². The van der Waals surface area contributed by atoms with Crippen LogP contribution in [-0.4, -0.2) is 28.0 Å². The highest BCUT2D eigenvalue weighted by molar-refractivity contribution is 8.16. The third-order valence-electron chi connectivity index (χ3n) is 4.54. The van der Waals surface area contributed by atoms with Crippen molar-refractivity contribution < 1.29 is 18.0 Å². The Morgan fingerprint density at radius 1 is 1.40 bits per heavy atom. The second kappa shape index (κ2) is 4.64. The molecule has 0 aromatic heterocycles. The summed E-state index contributed by atoms with van der Waals surface area (Å²) in [7, 11) is 0. The lowest BCUT2D eigenvalue weighted by Gasteiger charge is -2.20. The number of carbonyl (C=O) groups excluding carboxylic acids is 1. The zero-order valence-corrected chi connectivity index (χ0v) is 12.0. The molecule has 3 nitrogen and oxygen atoms in total. The highest BCUT2D eigenvalue weighted by Crippen LogP contribution is 2.47. The Kier molecular flexibility index (Phi) is 3.30. The van der Waals surface area contributed by atoms with E-state index in [1.54, 1.807) is 0 Å². The number of halogens is 3. The maximum Gasteiger partial charge on any atom is 0.390 e. The van der Waals surface area contributed by atoms with Gasteiger partial charge in [0.05, 0.1) is 12.5 Å². The number of amidine groups is 1. The molecule has 0 spiro atoms. The average Bonchev–Trinajstić information content (AvgIpc) is 2.92. The molecule has 0 radical (unpaired) electrons. The Labute approximate surface area is 119 Å². The van der Waals surface area contributed by atoms with E-state index in [0.29, 0.717) is 11.1 Å². The number of hydrogen-bond acceptors (Lipinski definition) is 3. The van der Waals surface area contributed by atoms with Crippen LogP contribution < -0.4 is 5.32 Å². The number of fused-ring (bicyclic) bond motifs is 2. The molecule has 1 saturated heterocycles. The van der Waals surface area contributed by atoms with Crippen LogP contribution >= 0.6 is 11.8 Å². The van der Waals surface area contributed by atoms with Crippen LogP contribution in [0.3, 0.4) is 0 Å². The van der Waals surface area contributed by atoms with Crippen LogP contribution in [0.4, 0.5) is 13.2 Å². The van der Waals surface area contributed by atoms with Gasteiger partial charge in [-0.05, 0) is 38.0 Å². The maximum atomic E-state index is 12.5. The molecule has 2 bridgehead atoms. The van der Waals surface area contributed by atoms with E-state index < -0.39 is 23.3 Å². The van der Waals surface area contributed by atoms with Crippen molar-refractivity contribution in [3.05, 3.63) is 0 Å². The minimum Gasteiger partial charge on any atom is -0.304 e. The van der Waals surface area contributed by atoms with E-state index in [4.69, 9.17) is 0 Å². The first kappa shape index (κ1) is 14.2. The second-order valence-electron chi connectivity index (χ2n) is 6.26. The first-order valence-electron chi connectivity index (χ1n) is 6.90. The average molecular weight is 306 g/mol. The van der Waals surface area contributed by atoms with E-state index in [2.05, 4.69) is 10.3 Å². The van der Waals surface area contributed by atoms with Crippen molar-refractivity contribution in [2.24, 2.45) is 16.8 Å². The van der Waals surface area contributed by atoms with Crippen LogP contribution in [0.2, 0.25) is 0 Å². The molecule has 112 valence electrons. The molecule has 1 N–H and O–H groups in total. The lowest BCUT2D eigenvalue weighted by atomic mass is 9.96. The lowest BCUT2D eigenvalue weighted by molar-refractivity contribution is -0.148. The van der Waals surface area contributed by atoms with E-state index >= 15 is 0 Å². The molecule has 3 rings (SSSR count). The zero-order valence-electron chi connectivity index (χ0n) is 11.2. The molecule has 4 atom stereocenters. The van der Waals surface area contributed by atoms with Crippen LogP contribution in [-0.2, 0) is 4.79 Å². The first-order chi connectivity index (χ1) is 9.25. The Hall–Kier alpha value is -0.720. The Morgan fingerprint density at radius 3 is 2.70 bits per heavy atom. The van der Waals surface area contributed by atoms with E-state index in [9.17, 15) is 18.0 Å². The van der Waals surface area contributed by atoms with Crippen molar-refractivity contribution >= 4 is 22.8 Å². The topological polar surface area (TPSA) is 41.5 Å². The maximum absolute atomic E-state index is 12.5. The van der Waals surface area contributed by atoms with Gasteiger partial charge in [-0.2, -0.15) is 13.2 Å². The number of nitrogens with one attached hydrogen (secondary N) is 1. The minimum atomic E-state index is -4.35. The molecular weight excluding hydrogens is 289 g/mol. The highest BCUT2D eigenvalue weighted by atomic mass is 32.2. The molecule has 1 amide bonds. The summed E-state index contributed by atoms with van der Waals surface area (Å²) in [5.74, 6) is 0.694. The number of amides is 1. The normalized spacial score (nSPS) is 42.5. The predicted octanol–water partition coefficient (Wildman–Crippen LogP) is 3.11. The van der Waals surface area contributed by atoms with Crippen molar-refractivity contribution in [3.63, 3.8) is 0 Å². The summed E-state index contributed by atoms with van der Waals surface area (Å²) in [6.45, 7) is 1.34. The molecule has 1 aliphatic heterocycles. The summed E-state index contributed by atoms with van der Waals surface area (Å²) in [4.78, 5) is 16.3. The van der Waals surface area contributed by atoms with Crippen molar-refractivity contribution in [2.75, 3.05) is 0 Å². The molecule has 3 aliphatic rings. The van der Waals surface area contributed by atoms with Gasteiger partial charge in [-0.3, -0.25) is 9.79 Å². The predicted molar refractivity (Wildman–Crippen MR) is 71.5 cm³/mol. The van der Waals surface area contributed by atoms with Crippen LogP contribution in [0.5, 0.6) is 0 Å². The van der Waals surface area contributed by atoms with Gasteiger partial charge in [0, 0.05) is 0 Å². The van der Waals surface area contributed by atoms with Crippen LogP contribution in [0, 0.1) is 11.8 Å². The first-order valence-corrected chi connectivity index (χ1v) is 7.72. The Balaban J connectivity index is 1.70. The van der Waals surface area contributed by atoms with E-state index in [-0.39, 0.29) is 6.04 Å². The number of aliphatic imine (C=N–C) groups is 1. The van der Waals surface area contributed by atoms with Gasteiger partial charge in [-0.15, -0.1) is 0 Å². The molecule has 3 fully saturated rings. The largest absolute Gasteiger partial charge is 0.390 e. The molecule has 1 heterocycles. The zero-order chi connectivity index (χ0) is 14.5. The summed E-state index contributed by atoms with van der Waals surface area (Å²) < 4.78 is 36.2. The fourth-order valence-electron chi connectivity index (χ4n) is 3.59. The van der Waals surface area contributed by atoms with E-state index in [0.717, 1.165) is 30.5 Å². The van der Waals surface area contributed by atoms with Crippen LogP contribution in [0.25, 0.3) is 0 Å². The molecule has 0 aromatic carbocycles. The van der Waals surface area contributed by atoms with Gasteiger partial charge < -0.3 is 5.32 Å². The number of nitrogens with zero attached hydrogens (tertiary/aromatic N) is 1. The Bertz CT molecular complexity index is 465. The number of alkyl halides is 3. The van der Waals surface area contributed by atoms with E-state index in [1.165, 1.54) is 19.8 Å². The number of carbonyl (C=O) groups is 1. The third-order valence-corrected chi connectivity index (χ3v) is 5.73. The van der Waals surface area contributed by atoms with E-state index in [1.807, 2.05) is 0 Å². The van der Waals surface area contributed by atoms with Crippen molar-refractivity contribution in [2.45, 2.75) is 56.0 Å². The van der Waals surface area contributed by atoms with Crippen molar-refractivity contribution in [3.8, 4) is 0 Å². The number of rotatable bonds is 2. The summed E-state index contributed by atoms with van der Waals surface area (Å²) in [5, 5.41) is 2.90. The van der Waals surface area contributed by atoms with Gasteiger partial charge in [-0.1, -0.05) is 18.2 Å². The van der Waals surface area contributed by atoms with Crippen LogP contribution in [0.15, 0.2) is 4.99 Å². The molecule has 0 aromatic rings. The summed E-state index contributed by atoms with van der Waals surface area (Å²) in [6.07, 6.45) is -0.866. The van der Waals surface area contributed by atoms with Crippen molar-refractivity contribution in [1.82, 2.24) is 5.32 Å². The van der Waals surface area contributed by atoms with Gasteiger partial charge in [-0.25, -0.2) is 0 Å². The fraction of sp³-hybridized carbons (Fsp3) is 0.846.